The van der Waals surface area contributed by atoms with Gasteiger partial charge in [0.15, 0.2) is 5.78 Å². The van der Waals surface area contributed by atoms with Crippen molar-refractivity contribution in [2.45, 2.75) is 13.0 Å². The molecule has 2 saturated heterocycles. The van der Waals surface area contributed by atoms with Crippen LogP contribution in [0.1, 0.15) is 21.6 Å². The van der Waals surface area contributed by atoms with Crippen LogP contribution in [0.3, 0.4) is 0 Å². The van der Waals surface area contributed by atoms with Gasteiger partial charge in [-0.15, -0.1) is 0 Å². The standard InChI is InChI=1S/C31H36N6O2/c1-34-9-11-37(12-10-34)31-20-26(7-8-32-31)30(38)18-23-3-4-24-5-6-25(19-27(24)17-23)28-21-33-35(2)29(28)22-36-13-15-39-16-14-36/h3-8,17,19-21H,9-16,18,22H2,1-2H3. The molecule has 0 saturated carbocycles. The van der Waals surface area contributed by atoms with Crippen molar-refractivity contribution < 1.29 is 9.53 Å². The predicted molar refractivity (Wildman–Crippen MR) is 154 cm³/mol. The molecule has 202 valence electrons. The molecule has 0 bridgehead atoms. The highest BCUT2D eigenvalue weighted by atomic mass is 16.5. The van der Waals surface area contributed by atoms with Crippen LogP contribution in [0.5, 0.6) is 0 Å². The fourth-order valence-corrected chi connectivity index (χ4v) is 5.52. The summed E-state index contributed by atoms with van der Waals surface area (Å²) in [6.07, 6.45) is 4.09. The van der Waals surface area contributed by atoms with Gasteiger partial charge in [-0.2, -0.15) is 5.10 Å². The van der Waals surface area contributed by atoms with Crippen molar-refractivity contribution in [1.82, 2.24) is 24.6 Å². The Balaban J connectivity index is 1.21. The number of aryl methyl sites for hydroxylation is 1. The van der Waals surface area contributed by atoms with Crippen LogP contribution in [0.25, 0.3) is 21.9 Å². The number of rotatable bonds is 7. The second-order valence-corrected chi connectivity index (χ2v) is 10.7. The summed E-state index contributed by atoms with van der Waals surface area (Å²) >= 11 is 0. The number of hydrogen-bond donors (Lipinski definition) is 0. The Hall–Kier alpha value is -3.59. The molecule has 0 aliphatic carbocycles. The van der Waals surface area contributed by atoms with E-state index in [0.717, 1.165) is 97.9 Å². The van der Waals surface area contributed by atoms with Gasteiger partial charge in [0.05, 0.1) is 25.1 Å². The molecule has 2 fully saturated rings. The fourth-order valence-electron chi connectivity index (χ4n) is 5.52. The van der Waals surface area contributed by atoms with Gasteiger partial charge < -0.3 is 14.5 Å². The molecule has 39 heavy (non-hydrogen) atoms. The maximum Gasteiger partial charge on any atom is 0.167 e. The van der Waals surface area contributed by atoms with E-state index in [1.165, 1.54) is 5.69 Å². The molecule has 8 nitrogen and oxygen atoms in total. The quantitative estimate of drug-likeness (QED) is 0.342. The highest BCUT2D eigenvalue weighted by Crippen LogP contribution is 2.29. The number of likely N-dealkylation sites (N-methyl/N-ethyl adjacent to an activating group) is 1. The van der Waals surface area contributed by atoms with Crippen molar-refractivity contribution in [1.29, 1.82) is 0 Å². The number of ether oxygens (including phenoxy) is 1. The van der Waals surface area contributed by atoms with Gasteiger partial charge >= 0.3 is 0 Å². The number of fused-ring (bicyclic) bond motifs is 1. The lowest BCUT2D eigenvalue weighted by Gasteiger charge is -2.33. The molecule has 0 N–H and O–H groups in total. The van der Waals surface area contributed by atoms with Crippen LogP contribution in [-0.4, -0.2) is 89.9 Å². The molecular weight excluding hydrogens is 488 g/mol. The van der Waals surface area contributed by atoms with Gasteiger partial charge in [0.25, 0.3) is 0 Å². The summed E-state index contributed by atoms with van der Waals surface area (Å²) in [5.74, 6) is 1.00. The molecule has 0 spiro atoms. The summed E-state index contributed by atoms with van der Waals surface area (Å²) in [5, 5.41) is 6.87. The Morgan fingerprint density at radius 3 is 2.51 bits per heavy atom. The summed E-state index contributed by atoms with van der Waals surface area (Å²) in [6.45, 7) is 8.16. The molecule has 4 aromatic rings. The number of hydrogen-bond acceptors (Lipinski definition) is 7. The first-order valence-electron chi connectivity index (χ1n) is 13.8. The molecule has 2 aliphatic heterocycles. The summed E-state index contributed by atoms with van der Waals surface area (Å²) in [5.41, 5.74) is 5.24. The second kappa shape index (κ2) is 11.3. The lowest BCUT2D eigenvalue weighted by molar-refractivity contribution is 0.0332. The van der Waals surface area contributed by atoms with Gasteiger partial charge in [-0.1, -0.05) is 30.3 Å². The zero-order valence-electron chi connectivity index (χ0n) is 22.8. The Labute approximate surface area is 229 Å². The van der Waals surface area contributed by atoms with E-state index in [1.807, 2.05) is 30.1 Å². The van der Waals surface area contributed by atoms with Crippen LogP contribution in [0, 0.1) is 0 Å². The predicted octanol–water partition coefficient (Wildman–Crippen LogP) is 3.64. The second-order valence-electron chi connectivity index (χ2n) is 10.7. The minimum atomic E-state index is 0.114. The number of ketones is 1. The first-order valence-corrected chi connectivity index (χ1v) is 13.8. The molecule has 0 unspecified atom stereocenters. The summed E-state index contributed by atoms with van der Waals surface area (Å²) < 4.78 is 7.50. The minimum Gasteiger partial charge on any atom is -0.379 e. The van der Waals surface area contributed by atoms with Gasteiger partial charge in [-0.25, -0.2) is 4.98 Å². The Kier molecular flexibility index (Phi) is 7.41. The SMILES string of the molecule is CN1CCN(c2cc(C(=O)Cc3ccc4ccc(-c5cnn(C)c5CN5CCOCC5)cc4c3)ccn2)CC1. The van der Waals surface area contributed by atoms with Gasteiger partial charge in [-0.3, -0.25) is 14.4 Å². The van der Waals surface area contributed by atoms with Crippen LogP contribution in [0.4, 0.5) is 5.82 Å². The zero-order valence-corrected chi connectivity index (χ0v) is 22.8. The number of carbonyl (C=O) groups is 1. The van der Waals surface area contributed by atoms with E-state index >= 15 is 0 Å². The smallest absolute Gasteiger partial charge is 0.167 e. The molecule has 4 heterocycles. The van der Waals surface area contributed by atoms with Gasteiger partial charge in [0.2, 0.25) is 0 Å². The zero-order chi connectivity index (χ0) is 26.8. The molecule has 2 aromatic carbocycles. The lowest BCUT2D eigenvalue weighted by Crippen LogP contribution is -2.44. The Morgan fingerprint density at radius 1 is 0.897 bits per heavy atom. The number of carbonyl (C=O) groups excluding carboxylic acids is 1. The average molecular weight is 525 g/mol. The van der Waals surface area contributed by atoms with Gasteiger partial charge in [0.1, 0.15) is 5.82 Å². The van der Waals surface area contributed by atoms with E-state index in [0.29, 0.717) is 6.42 Å². The van der Waals surface area contributed by atoms with Crippen LogP contribution in [0.15, 0.2) is 60.9 Å². The summed E-state index contributed by atoms with van der Waals surface area (Å²) in [7, 11) is 4.15. The molecular formula is C31H36N6O2. The maximum absolute atomic E-state index is 13.3. The van der Waals surface area contributed by atoms with Crippen molar-refractivity contribution >= 4 is 22.4 Å². The number of benzene rings is 2. The first-order chi connectivity index (χ1) is 19.0. The maximum atomic E-state index is 13.3. The molecule has 2 aromatic heterocycles. The van der Waals surface area contributed by atoms with E-state index in [-0.39, 0.29) is 5.78 Å². The van der Waals surface area contributed by atoms with Crippen molar-refractivity contribution in [3.8, 4) is 11.1 Å². The normalized spacial score (nSPS) is 17.1. The monoisotopic (exact) mass is 524 g/mol. The van der Waals surface area contributed by atoms with Crippen molar-refractivity contribution in [2.75, 3.05) is 64.4 Å². The number of aromatic nitrogens is 3. The molecule has 0 amide bonds. The third-order valence-corrected chi connectivity index (χ3v) is 8.01. The fraction of sp³-hybridized carbons (Fsp3) is 0.387. The van der Waals surface area contributed by atoms with E-state index in [1.54, 1.807) is 6.20 Å². The van der Waals surface area contributed by atoms with Crippen molar-refractivity contribution in [3.05, 3.63) is 77.7 Å². The number of morpholine rings is 1. The molecule has 2 aliphatic rings. The first kappa shape index (κ1) is 25.7. The van der Waals surface area contributed by atoms with E-state index in [4.69, 9.17) is 4.74 Å². The summed E-state index contributed by atoms with van der Waals surface area (Å²) in [6, 6.07) is 16.7. The topological polar surface area (TPSA) is 66.7 Å². The molecule has 8 heteroatoms. The van der Waals surface area contributed by atoms with Crippen LogP contribution in [-0.2, 0) is 24.8 Å². The lowest BCUT2D eigenvalue weighted by atomic mass is 9.97. The highest BCUT2D eigenvalue weighted by molar-refractivity contribution is 5.99. The van der Waals surface area contributed by atoms with Crippen molar-refractivity contribution in [3.63, 3.8) is 0 Å². The van der Waals surface area contributed by atoms with E-state index in [9.17, 15) is 4.79 Å². The van der Waals surface area contributed by atoms with Gasteiger partial charge in [-0.05, 0) is 47.1 Å². The third-order valence-electron chi connectivity index (χ3n) is 8.01. The largest absolute Gasteiger partial charge is 0.379 e. The van der Waals surface area contributed by atoms with Gasteiger partial charge in [0, 0.05) is 76.6 Å². The number of pyridine rings is 1. The molecule has 0 radical (unpaired) electrons. The Morgan fingerprint density at radius 2 is 1.69 bits per heavy atom. The van der Waals surface area contributed by atoms with Crippen LogP contribution < -0.4 is 4.90 Å². The van der Waals surface area contributed by atoms with E-state index in [2.05, 4.69) is 68.2 Å². The number of nitrogens with zero attached hydrogens (tertiary/aromatic N) is 6. The average Bonchev–Trinajstić information content (AvgIpc) is 3.33. The van der Waals surface area contributed by atoms with Crippen LogP contribution in [0.2, 0.25) is 0 Å². The highest BCUT2D eigenvalue weighted by Gasteiger charge is 2.19. The number of anilines is 1. The third kappa shape index (κ3) is 5.73. The molecule has 6 rings (SSSR count). The Bertz CT molecular complexity index is 1470. The number of Topliss-reactive ketones (excluding diaryl/α,β-unsaturated/α-hetero) is 1. The minimum absolute atomic E-state index is 0.114. The summed E-state index contributed by atoms with van der Waals surface area (Å²) in [4.78, 5) is 24.8. The number of piperazine rings is 1. The van der Waals surface area contributed by atoms with Crippen LogP contribution >= 0.6 is 0 Å². The van der Waals surface area contributed by atoms with Crippen molar-refractivity contribution in [2.24, 2.45) is 7.05 Å². The molecule has 0 atom stereocenters. The van der Waals surface area contributed by atoms with E-state index < -0.39 is 0 Å².